The zero-order valence-corrected chi connectivity index (χ0v) is 12.3. The van der Waals surface area contributed by atoms with Gasteiger partial charge in [0.2, 0.25) is 0 Å². The number of carbonyl (C=O) groups excluding carboxylic acids is 1. The molecule has 0 spiro atoms. The molecule has 0 radical (unpaired) electrons. The van der Waals surface area contributed by atoms with E-state index in [2.05, 4.69) is 22.1 Å². The van der Waals surface area contributed by atoms with E-state index in [9.17, 15) is 4.79 Å². The molecule has 0 fully saturated rings. The van der Waals surface area contributed by atoms with E-state index in [1.165, 1.54) is 0 Å². The van der Waals surface area contributed by atoms with Gasteiger partial charge in [0, 0.05) is 5.56 Å². The van der Waals surface area contributed by atoms with E-state index in [1.54, 1.807) is 25.1 Å². The molecule has 2 rings (SSSR count). The quantitative estimate of drug-likeness (QED) is 0.828. The van der Waals surface area contributed by atoms with Crippen molar-refractivity contribution in [1.29, 1.82) is 0 Å². The fourth-order valence-corrected chi connectivity index (χ4v) is 2.02. The molecule has 5 nitrogen and oxygen atoms in total. The van der Waals surface area contributed by atoms with Crippen LogP contribution in [0.4, 0.5) is 5.82 Å². The number of hydrogen-bond acceptors (Lipinski definition) is 4. The van der Waals surface area contributed by atoms with E-state index in [4.69, 9.17) is 10.2 Å². The topological polar surface area (TPSA) is 81.2 Å². The molecule has 0 bridgehead atoms. The number of pyridine rings is 1. The fraction of sp³-hybridized carbons (Fsp3) is 0.250. The van der Waals surface area contributed by atoms with Crippen LogP contribution in [0.5, 0.6) is 0 Å². The zero-order chi connectivity index (χ0) is 15.4. The molecule has 3 N–H and O–H groups in total. The second kappa shape index (κ2) is 6.25. The standard InChI is InChI=1S/C16H17N3O2/c1-10-11(2)21-12(3)15(10)16(20)19-14-8-4-6-13(18-14)7-5-9-17/h4,6,8H,9,17H2,1-3H3,(H,18,19,20). The average molecular weight is 283 g/mol. The van der Waals surface area contributed by atoms with Gasteiger partial charge < -0.3 is 15.5 Å². The Bertz CT molecular complexity index is 736. The molecule has 0 aliphatic heterocycles. The van der Waals surface area contributed by atoms with E-state index < -0.39 is 0 Å². The van der Waals surface area contributed by atoms with Gasteiger partial charge in [-0.2, -0.15) is 0 Å². The lowest BCUT2D eigenvalue weighted by Gasteiger charge is -2.04. The number of nitrogens with zero attached hydrogens (tertiary/aromatic N) is 1. The van der Waals surface area contributed by atoms with Gasteiger partial charge in [-0.1, -0.05) is 12.0 Å². The maximum atomic E-state index is 12.3. The van der Waals surface area contributed by atoms with Crippen LogP contribution >= 0.6 is 0 Å². The van der Waals surface area contributed by atoms with Crippen LogP contribution in [0.2, 0.25) is 0 Å². The van der Waals surface area contributed by atoms with Crippen molar-refractivity contribution >= 4 is 11.7 Å². The molecule has 21 heavy (non-hydrogen) atoms. The summed E-state index contributed by atoms with van der Waals surface area (Å²) in [7, 11) is 0. The molecule has 2 heterocycles. The Kier molecular flexibility index (Phi) is 4.41. The molecule has 0 atom stereocenters. The zero-order valence-electron chi connectivity index (χ0n) is 12.3. The Labute approximate surface area is 123 Å². The van der Waals surface area contributed by atoms with E-state index >= 15 is 0 Å². The number of aryl methyl sites for hydroxylation is 2. The van der Waals surface area contributed by atoms with E-state index in [0.717, 1.165) is 11.3 Å². The van der Waals surface area contributed by atoms with Crippen LogP contribution in [0.1, 0.15) is 33.1 Å². The average Bonchev–Trinajstić information content (AvgIpc) is 2.70. The van der Waals surface area contributed by atoms with Crippen molar-refractivity contribution in [2.45, 2.75) is 20.8 Å². The van der Waals surface area contributed by atoms with Crippen LogP contribution in [-0.2, 0) is 0 Å². The highest BCUT2D eigenvalue weighted by Gasteiger charge is 2.18. The van der Waals surface area contributed by atoms with E-state index in [-0.39, 0.29) is 12.5 Å². The molecule has 0 unspecified atom stereocenters. The number of anilines is 1. The van der Waals surface area contributed by atoms with E-state index in [1.807, 2.05) is 13.8 Å². The highest BCUT2D eigenvalue weighted by atomic mass is 16.3. The van der Waals surface area contributed by atoms with Crippen LogP contribution < -0.4 is 11.1 Å². The Morgan fingerprint density at radius 3 is 2.71 bits per heavy atom. The third kappa shape index (κ3) is 3.30. The second-order valence-electron chi connectivity index (χ2n) is 4.58. The summed E-state index contributed by atoms with van der Waals surface area (Å²) in [6.45, 7) is 5.73. The Balaban J connectivity index is 2.24. The number of rotatable bonds is 2. The first-order valence-electron chi connectivity index (χ1n) is 6.57. The SMILES string of the molecule is Cc1oc(C)c(C(=O)Nc2cccc(C#CCN)n2)c1C. The number of carbonyl (C=O) groups is 1. The van der Waals surface area contributed by atoms with Crippen molar-refractivity contribution < 1.29 is 9.21 Å². The number of nitrogens with one attached hydrogen (secondary N) is 1. The molecule has 2 aromatic rings. The van der Waals surface area contributed by atoms with Gasteiger partial charge in [0.1, 0.15) is 23.0 Å². The van der Waals surface area contributed by atoms with Gasteiger partial charge in [-0.15, -0.1) is 0 Å². The largest absolute Gasteiger partial charge is 0.466 e. The molecule has 0 saturated carbocycles. The minimum absolute atomic E-state index is 0.238. The minimum Gasteiger partial charge on any atom is -0.466 e. The Hall–Kier alpha value is -2.58. The number of aromatic nitrogens is 1. The summed E-state index contributed by atoms with van der Waals surface area (Å²) in [5.74, 6) is 7.11. The van der Waals surface area contributed by atoms with Gasteiger partial charge >= 0.3 is 0 Å². The summed E-state index contributed by atoms with van der Waals surface area (Å²) < 4.78 is 5.46. The summed E-state index contributed by atoms with van der Waals surface area (Å²) in [5.41, 5.74) is 7.28. The molecule has 1 amide bonds. The van der Waals surface area contributed by atoms with Crippen molar-refractivity contribution in [3.63, 3.8) is 0 Å². The van der Waals surface area contributed by atoms with Crippen LogP contribution in [0, 0.1) is 32.6 Å². The summed E-state index contributed by atoms with van der Waals surface area (Å²) in [5, 5.41) is 2.76. The van der Waals surface area contributed by atoms with Crippen LogP contribution in [0.3, 0.4) is 0 Å². The lowest BCUT2D eigenvalue weighted by atomic mass is 10.1. The molecule has 108 valence electrons. The van der Waals surface area contributed by atoms with Gasteiger partial charge in [0.05, 0.1) is 12.1 Å². The summed E-state index contributed by atoms with van der Waals surface area (Å²) in [4.78, 5) is 16.6. The second-order valence-corrected chi connectivity index (χ2v) is 4.58. The van der Waals surface area contributed by atoms with Crippen LogP contribution in [0.25, 0.3) is 0 Å². The third-order valence-electron chi connectivity index (χ3n) is 3.10. The highest BCUT2D eigenvalue weighted by molar-refractivity contribution is 6.05. The minimum atomic E-state index is -0.238. The predicted molar refractivity (Wildman–Crippen MR) is 81.0 cm³/mol. The predicted octanol–water partition coefficient (Wildman–Crippen LogP) is 2.16. The highest BCUT2D eigenvalue weighted by Crippen LogP contribution is 2.21. The summed E-state index contributed by atoms with van der Waals surface area (Å²) >= 11 is 0. The molecular weight excluding hydrogens is 266 g/mol. The fourth-order valence-electron chi connectivity index (χ4n) is 2.02. The molecule has 0 saturated heterocycles. The first-order chi connectivity index (χ1) is 10.0. The third-order valence-corrected chi connectivity index (χ3v) is 3.10. The molecule has 5 heteroatoms. The smallest absolute Gasteiger partial charge is 0.260 e. The number of nitrogens with two attached hydrogens (primary N) is 1. The van der Waals surface area contributed by atoms with Crippen molar-refractivity contribution in [3.8, 4) is 11.8 Å². The van der Waals surface area contributed by atoms with Crippen molar-refractivity contribution in [3.05, 3.63) is 46.5 Å². The number of amides is 1. The normalized spacial score (nSPS) is 9.90. The van der Waals surface area contributed by atoms with E-state index in [0.29, 0.717) is 22.8 Å². The lowest BCUT2D eigenvalue weighted by Crippen LogP contribution is -2.14. The molecule has 0 aromatic carbocycles. The number of furan rings is 1. The van der Waals surface area contributed by atoms with Gasteiger partial charge in [0.25, 0.3) is 5.91 Å². The Morgan fingerprint density at radius 1 is 1.33 bits per heavy atom. The first kappa shape index (κ1) is 14.8. The van der Waals surface area contributed by atoms with Crippen LogP contribution in [0.15, 0.2) is 22.6 Å². The summed E-state index contributed by atoms with van der Waals surface area (Å²) in [6, 6.07) is 5.25. The van der Waals surface area contributed by atoms with Gasteiger partial charge in [-0.05, 0) is 38.8 Å². The number of hydrogen-bond donors (Lipinski definition) is 2. The lowest BCUT2D eigenvalue weighted by molar-refractivity contribution is 0.102. The van der Waals surface area contributed by atoms with Crippen molar-refractivity contribution in [2.75, 3.05) is 11.9 Å². The monoisotopic (exact) mass is 283 g/mol. The molecule has 0 aliphatic rings. The van der Waals surface area contributed by atoms with Crippen molar-refractivity contribution in [1.82, 2.24) is 4.98 Å². The van der Waals surface area contributed by atoms with Gasteiger partial charge in [-0.3, -0.25) is 4.79 Å². The van der Waals surface area contributed by atoms with Gasteiger partial charge in [0.15, 0.2) is 0 Å². The molecular formula is C16H17N3O2. The first-order valence-corrected chi connectivity index (χ1v) is 6.57. The maximum absolute atomic E-state index is 12.3. The van der Waals surface area contributed by atoms with Gasteiger partial charge in [-0.25, -0.2) is 4.98 Å². The maximum Gasteiger partial charge on any atom is 0.260 e. The Morgan fingerprint density at radius 2 is 2.10 bits per heavy atom. The van der Waals surface area contributed by atoms with Crippen molar-refractivity contribution in [2.24, 2.45) is 5.73 Å². The van der Waals surface area contributed by atoms with Crippen LogP contribution in [-0.4, -0.2) is 17.4 Å². The molecule has 2 aromatic heterocycles. The summed E-state index contributed by atoms with van der Waals surface area (Å²) in [6.07, 6.45) is 0. The molecule has 0 aliphatic carbocycles.